The molecule has 1 amide bonds. The highest BCUT2D eigenvalue weighted by Gasteiger charge is 2.65. The van der Waals surface area contributed by atoms with Crippen LogP contribution in [0.5, 0.6) is 5.75 Å². The minimum absolute atomic E-state index is 0.0447. The van der Waals surface area contributed by atoms with Gasteiger partial charge in [0, 0.05) is 23.8 Å². The smallest absolute Gasteiger partial charge is 0.255 e. The molecule has 0 aromatic heterocycles. The average molecular weight is 484 g/mol. The van der Waals surface area contributed by atoms with Crippen molar-refractivity contribution in [3.8, 4) is 5.75 Å². The van der Waals surface area contributed by atoms with E-state index in [1.165, 1.54) is 6.07 Å². The van der Waals surface area contributed by atoms with E-state index < -0.39 is 70.4 Å². The van der Waals surface area contributed by atoms with Gasteiger partial charge in [-0.3, -0.25) is 14.4 Å². The van der Waals surface area contributed by atoms with Gasteiger partial charge in [0.05, 0.1) is 11.7 Å². The fourth-order valence-electron chi connectivity index (χ4n) is 6.83. The molecule has 9 nitrogen and oxygen atoms in total. The Morgan fingerprint density at radius 1 is 1.09 bits per heavy atom. The van der Waals surface area contributed by atoms with Crippen LogP contribution in [0, 0.1) is 17.8 Å². The zero-order valence-electron chi connectivity index (χ0n) is 19.1. The van der Waals surface area contributed by atoms with Crippen molar-refractivity contribution in [2.75, 3.05) is 0 Å². The van der Waals surface area contributed by atoms with Gasteiger partial charge in [-0.1, -0.05) is 37.8 Å². The summed E-state index contributed by atoms with van der Waals surface area (Å²) in [5.74, 6) is -7.74. The summed E-state index contributed by atoms with van der Waals surface area (Å²) in [6.07, 6.45) is 3.77. The van der Waals surface area contributed by atoms with E-state index in [1.54, 1.807) is 12.1 Å². The lowest BCUT2D eigenvalue weighted by Gasteiger charge is -2.51. The Kier molecular flexibility index (Phi) is 5.52. The number of hydrogen-bond donors (Lipinski definition) is 6. The first kappa shape index (κ1) is 23.6. The van der Waals surface area contributed by atoms with E-state index in [2.05, 4.69) is 0 Å². The zero-order chi connectivity index (χ0) is 25.2. The molecule has 0 saturated heterocycles. The van der Waals surface area contributed by atoms with Crippen LogP contribution in [0.2, 0.25) is 0 Å². The van der Waals surface area contributed by atoms with Crippen molar-refractivity contribution in [3.63, 3.8) is 0 Å². The van der Waals surface area contributed by atoms with E-state index in [-0.39, 0.29) is 16.9 Å². The summed E-state index contributed by atoms with van der Waals surface area (Å²) in [6, 6.07) is 4.72. The van der Waals surface area contributed by atoms with Gasteiger partial charge in [0.2, 0.25) is 5.78 Å². The van der Waals surface area contributed by atoms with Crippen LogP contribution >= 0.6 is 0 Å². The van der Waals surface area contributed by atoms with Crippen molar-refractivity contribution >= 4 is 23.2 Å². The van der Waals surface area contributed by atoms with Crippen LogP contribution in [0.25, 0.3) is 5.76 Å². The predicted octanol–water partition coefficient (Wildman–Crippen LogP) is 1.91. The van der Waals surface area contributed by atoms with Gasteiger partial charge in [0.25, 0.3) is 5.91 Å². The summed E-state index contributed by atoms with van der Waals surface area (Å²) in [7, 11) is 0. The van der Waals surface area contributed by atoms with Crippen LogP contribution < -0.4 is 5.73 Å². The van der Waals surface area contributed by atoms with E-state index >= 15 is 0 Å². The Balaban J connectivity index is 1.68. The molecule has 0 heterocycles. The van der Waals surface area contributed by atoms with Crippen molar-refractivity contribution in [1.29, 1.82) is 0 Å². The highest BCUT2D eigenvalue weighted by atomic mass is 16.4. The second-order valence-electron chi connectivity index (χ2n) is 10.3. The summed E-state index contributed by atoms with van der Waals surface area (Å²) in [4.78, 5) is 38.2. The third-order valence-electron chi connectivity index (χ3n) is 8.53. The molecule has 5 atom stereocenters. The molecule has 2 fully saturated rings. The minimum Gasteiger partial charge on any atom is -0.508 e. The standard InChI is InChI=1S/C26H29NO8/c27-25(34)19-16(29)10-14-21(30)18-13(9-8-11-4-1-2-5-11)12-6-3-7-15(28)17(12)22(31)20(18)24(33)26(14,35)23(19)32/h3,6-7,11,13-14,18,21,28,30-32,35H,1-2,4-5,8-10H2,(H2,27,34)/t13?,14-,18-,21-,26-/m1/s1. The van der Waals surface area contributed by atoms with Gasteiger partial charge >= 0.3 is 0 Å². The fourth-order valence-corrected chi connectivity index (χ4v) is 6.83. The predicted molar refractivity (Wildman–Crippen MR) is 123 cm³/mol. The second kappa shape index (κ2) is 8.20. The Morgan fingerprint density at radius 3 is 2.43 bits per heavy atom. The summed E-state index contributed by atoms with van der Waals surface area (Å²) in [6.45, 7) is 0. The van der Waals surface area contributed by atoms with Gasteiger partial charge < -0.3 is 31.3 Å². The summed E-state index contributed by atoms with van der Waals surface area (Å²) in [5, 5.41) is 55.4. The first-order valence-corrected chi connectivity index (χ1v) is 12.1. The van der Waals surface area contributed by atoms with E-state index in [0.717, 1.165) is 32.1 Å². The van der Waals surface area contributed by atoms with Gasteiger partial charge in [0.15, 0.2) is 11.4 Å². The SMILES string of the molecule is NC(=O)C1=C(O)[C@@]2(O)C(=O)C3=C(O)c4c(O)cccc4C(CCC4CCCC4)[C@H]3[C@H](O)[C@H]2CC1=O. The summed E-state index contributed by atoms with van der Waals surface area (Å²) in [5.41, 5.74) is 1.81. The molecule has 35 heavy (non-hydrogen) atoms. The van der Waals surface area contributed by atoms with Crippen molar-refractivity contribution in [2.24, 2.45) is 23.5 Å². The second-order valence-corrected chi connectivity index (χ2v) is 10.3. The number of aromatic hydroxyl groups is 1. The number of nitrogens with two attached hydrogens (primary N) is 1. The number of carbonyl (C=O) groups excluding carboxylic acids is 3. The maximum Gasteiger partial charge on any atom is 0.255 e. The van der Waals surface area contributed by atoms with Crippen LogP contribution in [0.3, 0.4) is 0 Å². The topological polar surface area (TPSA) is 178 Å². The molecular formula is C26H29NO8. The number of benzene rings is 1. The number of hydrogen-bond acceptors (Lipinski definition) is 8. The number of rotatable bonds is 4. The molecule has 0 bridgehead atoms. The number of Topliss-reactive ketones (excluding diaryl/α,β-unsaturated/α-hetero) is 2. The molecule has 7 N–H and O–H groups in total. The van der Waals surface area contributed by atoms with Crippen LogP contribution in [0.1, 0.15) is 62.0 Å². The number of phenolic OH excluding ortho intramolecular Hbond substituents is 1. The third-order valence-corrected chi connectivity index (χ3v) is 8.53. The monoisotopic (exact) mass is 483 g/mol. The molecule has 0 spiro atoms. The molecule has 5 rings (SSSR count). The lowest BCUT2D eigenvalue weighted by Crippen LogP contribution is -2.64. The van der Waals surface area contributed by atoms with Crippen LogP contribution in [0.15, 0.2) is 35.1 Å². The van der Waals surface area contributed by atoms with Gasteiger partial charge in [0.1, 0.15) is 22.8 Å². The highest BCUT2D eigenvalue weighted by Crippen LogP contribution is 2.57. The number of primary amides is 1. The molecular weight excluding hydrogens is 454 g/mol. The molecule has 4 aliphatic rings. The van der Waals surface area contributed by atoms with E-state index in [1.807, 2.05) is 0 Å². The van der Waals surface area contributed by atoms with Crippen molar-refractivity contribution in [3.05, 3.63) is 46.2 Å². The highest BCUT2D eigenvalue weighted by molar-refractivity contribution is 6.22. The van der Waals surface area contributed by atoms with Crippen LogP contribution in [0.4, 0.5) is 0 Å². The summed E-state index contributed by atoms with van der Waals surface area (Å²) < 4.78 is 0. The number of aliphatic hydroxyl groups is 4. The van der Waals surface area contributed by atoms with E-state index in [9.17, 15) is 39.9 Å². The number of aliphatic hydroxyl groups excluding tert-OH is 3. The van der Waals surface area contributed by atoms with Gasteiger partial charge in [-0.15, -0.1) is 0 Å². The lowest BCUT2D eigenvalue weighted by molar-refractivity contribution is -0.161. The summed E-state index contributed by atoms with van der Waals surface area (Å²) >= 11 is 0. The van der Waals surface area contributed by atoms with Crippen LogP contribution in [-0.4, -0.2) is 54.7 Å². The Hall–Kier alpha value is -3.17. The number of carbonyl (C=O) groups is 3. The lowest BCUT2D eigenvalue weighted by atomic mass is 9.55. The van der Waals surface area contributed by atoms with Crippen LogP contribution in [-0.2, 0) is 14.4 Å². The third kappa shape index (κ3) is 3.25. The van der Waals surface area contributed by atoms with E-state index in [4.69, 9.17) is 5.73 Å². The molecule has 1 unspecified atom stereocenters. The van der Waals surface area contributed by atoms with Crippen molar-refractivity contribution < 1.29 is 39.9 Å². The molecule has 9 heteroatoms. The van der Waals surface area contributed by atoms with Crippen molar-refractivity contribution in [1.82, 2.24) is 0 Å². The van der Waals surface area contributed by atoms with Gasteiger partial charge in [-0.2, -0.15) is 0 Å². The zero-order valence-corrected chi connectivity index (χ0v) is 19.1. The molecule has 1 aromatic carbocycles. The molecule has 0 radical (unpaired) electrons. The molecule has 4 aliphatic carbocycles. The molecule has 1 aromatic rings. The van der Waals surface area contributed by atoms with Crippen molar-refractivity contribution in [2.45, 2.75) is 62.6 Å². The first-order chi connectivity index (χ1) is 16.6. The number of fused-ring (bicyclic) bond motifs is 3. The maximum atomic E-state index is 13.8. The maximum absolute atomic E-state index is 13.8. The largest absolute Gasteiger partial charge is 0.508 e. The number of phenols is 1. The first-order valence-electron chi connectivity index (χ1n) is 12.1. The quantitative estimate of drug-likeness (QED) is 0.352. The van der Waals surface area contributed by atoms with E-state index in [0.29, 0.717) is 17.9 Å². The van der Waals surface area contributed by atoms with Gasteiger partial charge in [-0.25, -0.2) is 0 Å². The molecule has 2 saturated carbocycles. The van der Waals surface area contributed by atoms with Gasteiger partial charge in [-0.05, 0) is 36.3 Å². The Labute approximate surface area is 201 Å². The Morgan fingerprint density at radius 2 is 1.77 bits per heavy atom. The minimum atomic E-state index is -2.81. The average Bonchev–Trinajstić information content (AvgIpc) is 3.32. The fraction of sp³-hybridized carbons (Fsp3) is 0.500. The number of amides is 1. The normalized spacial score (nSPS) is 33.0. The molecule has 186 valence electrons. The Bertz CT molecular complexity index is 1190. The number of ketones is 2. The molecule has 0 aliphatic heterocycles.